The van der Waals surface area contributed by atoms with Gasteiger partial charge in [-0.05, 0) is 30.2 Å². The number of ether oxygens (including phenoxy) is 1. The normalized spacial score (nSPS) is 11.4. The number of imidazole rings is 1. The van der Waals surface area contributed by atoms with Gasteiger partial charge >= 0.3 is 0 Å². The molecule has 0 aliphatic heterocycles. The van der Waals surface area contributed by atoms with Crippen molar-refractivity contribution in [2.45, 2.75) is 26.2 Å². The highest BCUT2D eigenvalue weighted by Crippen LogP contribution is 2.29. The van der Waals surface area contributed by atoms with Gasteiger partial charge in [0, 0.05) is 18.0 Å². The highest BCUT2D eigenvalue weighted by atomic mass is 32.1. The number of hydrogen-bond donors (Lipinski definition) is 1. The molecular formula is C16H19N3OS. The Bertz CT molecular complexity index is 745. The Kier molecular flexibility index (Phi) is 3.94. The minimum absolute atomic E-state index is 0.475. The summed E-state index contributed by atoms with van der Waals surface area (Å²) >= 11 is 1.60. The van der Waals surface area contributed by atoms with Crippen molar-refractivity contribution in [3.63, 3.8) is 0 Å². The van der Waals surface area contributed by atoms with Crippen LogP contribution in [0.4, 0.5) is 0 Å². The average molecular weight is 301 g/mol. The summed E-state index contributed by atoms with van der Waals surface area (Å²) in [6.07, 6.45) is 2.76. The number of thiazole rings is 1. The lowest BCUT2D eigenvalue weighted by atomic mass is 10.0. The van der Waals surface area contributed by atoms with Crippen LogP contribution in [0.3, 0.4) is 0 Å². The van der Waals surface area contributed by atoms with Gasteiger partial charge < -0.3 is 10.5 Å². The summed E-state index contributed by atoms with van der Waals surface area (Å²) in [5.41, 5.74) is 8.00. The van der Waals surface area contributed by atoms with E-state index in [1.807, 2.05) is 23.7 Å². The highest BCUT2D eigenvalue weighted by Gasteiger charge is 2.14. The Hall–Kier alpha value is -1.85. The molecule has 4 nitrogen and oxygen atoms in total. The number of rotatable bonds is 5. The smallest absolute Gasteiger partial charge is 0.242 e. The minimum atomic E-state index is 0.475. The second kappa shape index (κ2) is 5.87. The van der Waals surface area contributed by atoms with Gasteiger partial charge in [-0.1, -0.05) is 26.0 Å². The number of hydrogen-bond acceptors (Lipinski definition) is 4. The predicted molar refractivity (Wildman–Crippen MR) is 86.4 cm³/mol. The number of benzene rings is 1. The molecule has 0 saturated heterocycles. The summed E-state index contributed by atoms with van der Waals surface area (Å²) in [6.45, 7) is 4.92. The number of aromatic nitrogens is 2. The van der Waals surface area contributed by atoms with E-state index in [2.05, 4.69) is 35.4 Å². The van der Waals surface area contributed by atoms with Crippen LogP contribution in [-0.4, -0.2) is 15.9 Å². The van der Waals surface area contributed by atoms with Crippen LogP contribution in [0.1, 0.15) is 31.0 Å². The summed E-state index contributed by atoms with van der Waals surface area (Å²) in [6, 6.07) is 8.17. The van der Waals surface area contributed by atoms with Crippen molar-refractivity contribution < 1.29 is 4.74 Å². The second-order valence-electron chi connectivity index (χ2n) is 5.29. The molecule has 0 atom stereocenters. The van der Waals surface area contributed by atoms with E-state index < -0.39 is 0 Å². The molecule has 3 rings (SSSR count). The van der Waals surface area contributed by atoms with Crippen LogP contribution in [0, 0.1) is 0 Å². The Morgan fingerprint density at radius 3 is 3.00 bits per heavy atom. The fourth-order valence-electron chi connectivity index (χ4n) is 2.31. The molecule has 0 bridgehead atoms. The van der Waals surface area contributed by atoms with E-state index in [1.165, 1.54) is 5.56 Å². The third-order valence-corrected chi connectivity index (χ3v) is 4.20. The van der Waals surface area contributed by atoms with Crippen LogP contribution >= 0.6 is 11.3 Å². The topological polar surface area (TPSA) is 52.5 Å². The molecular weight excluding hydrogens is 282 g/mol. The lowest BCUT2D eigenvalue weighted by molar-refractivity contribution is 0.458. The maximum absolute atomic E-state index is 6.02. The van der Waals surface area contributed by atoms with Gasteiger partial charge in [0.05, 0.1) is 5.69 Å². The molecule has 0 fully saturated rings. The first kappa shape index (κ1) is 14.1. The lowest BCUT2D eigenvalue weighted by Gasteiger charge is -2.09. The molecule has 1 aromatic carbocycles. The van der Waals surface area contributed by atoms with Crippen molar-refractivity contribution in [3.8, 4) is 11.6 Å². The number of fused-ring (bicyclic) bond motifs is 1. The minimum Gasteiger partial charge on any atom is -0.437 e. The largest absolute Gasteiger partial charge is 0.437 e. The zero-order valence-corrected chi connectivity index (χ0v) is 13.1. The Balaban J connectivity index is 1.95. The molecule has 0 aliphatic carbocycles. The summed E-state index contributed by atoms with van der Waals surface area (Å²) in [5, 5.41) is 2.02. The summed E-state index contributed by atoms with van der Waals surface area (Å²) in [5.74, 6) is 1.96. The van der Waals surface area contributed by atoms with E-state index in [4.69, 9.17) is 10.5 Å². The fraction of sp³-hybridized carbons (Fsp3) is 0.312. The van der Waals surface area contributed by atoms with E-state index >= 15 is 0 Å². The second-order valence-corrected chi connectivity index (χ2v) is 6.16. The molecule has 0 unspecified atom stereocenters. The zero-order valence-electron chi connectivity index (χ0n) is 12.2. The standard InChI is InChI=1S/C16H19N3OS/c1-11(2)12-4-3-5-13(10-12)20-15-14(6-7-17)19-8-9-21-16(19)18-15/h3-5,8-11H,6-7,17H2,1-2H3. The average Bonchev–Trinajstić information content (AvgIpc) is 3.03. The van der Waals surface area contributed by atoms with Gasteiger partial charge in [0.15, 0.2) is 4.96 Å². The summed E-state index contributed by atoms with van der Waals surface area (Å²) < 4.78 is 8.07. The van der Waals surface area contributed by atoms with E-state index in [0.717, 1.165) is 22.8 Å². The molecule has 3 aromatic rings. The Morgan fingerprint density at radius 1 is 1.38 bits per heavy atom. The molecule has 110 valence electrons. The van der Waals surface area contributed by atoms with E-state index in [1.54, 1.807) is 11.3 Å². The third-order valence-electron chi connectivity index (χ3n) is 3.44. The van der Waals surface area contributed by atoms with Gasteiger partial charge in [-0.15, -0.1) is 11.3 Å². The van der Waals surface area contributed by atoms with Gasteiger partial charge in [-0.3, -0.25) is 4.40 Å². The maximum atomic E-state index is 6.02. The van der Waals surface area contributed by atoms with Gasteiger partial charge in [0.25, 0.3) is 0 Å². The van der Waals surface area contributed by atoms with Gasteiger partial charge in [0.1, 0.15) is 5.75 Å². The Labute approximate surface area is 128 Å². The van der Waals surface area contributed by atoms with Crippen LogP contribution in [0.5, 0.6) is 11.6 Å². The molecule has 21 heavy (non-hydrogen) atoms. The van der Waals surface area contributed by atoms with Gasteiger partial charge in [-0.25, -0.2) is 0 Å². The lowest BCUT2D eigenvalue weighted by Crippen LogP contribution is -2.05. The van der Waals surface area contributed by atoms with Crippen LogP contribution in [0.25, 0.3) is 4.96 Å². The van der Waals surface area contributed by atoms with E-state index in [-0.39, 0.29) is 0 Å². The predicted octanol–water partition coefficient (Wildman–Crippen LogP) is 3.81. The molecule has 2 aromatic heterocycles. The molecule has 0 saturated carbocycles. The van der Waals surface area contributed by atoms with Crippen molar-refractivity contribution >= 4 is 16.3 Å². The molecule has 0 radical (unpaired) electrons. The van der Waals surface area contributed by atoms with Crippen molar-refractivity contribution in [1.29, 1.82) is 0 Å². The fourth-order valence-corrected chi connectivity index (χ4v) is 3.03. The zero-order chi connectivity index (χ0) is 14.8. The van der Waals surface area contributed by atoms with Crippen molar-refractivity contribution in [2.75, 3.05) is 6.54 Å². The van der Waals surface area contributed by atoms with Crippen molar-refractivity contribution in [1.82, 2.24) is 9.38 Å². The SMILES string of the molecule is CC(C)c1cccc(Oc2nc3sccn3c2CCN)c1. The first-order chi connectivity index (χ1) is 10.2. The van der Waals surface area contributed by atoms with Crippen LogP contribution in [-0.2, 0) is 6.42 Å². The maximum Gasteiger partial charge on any atom is 0.242 e. The third kappa shape index (κ3) is 2.80. The number of nitrogens with two attached hydrogens (primary N) is 1. The summed E-state index contributed by atoms with van der Waals surface area (Å²) in [4.78, 5) is 5.50. The van der Waals surface area contributed by atoms with Gasteiger partial charge in [-0.2, -0.15) is 4.98 Å². The molecule has 2 heterocycles. The van der Waals surface area contributed by atoms with Crippen LogP contribution < -0.4 is 10.5 Å². The van der Waals surface area contributed by atoms with E-state index in [9.17, 15) is 0 Å². The molecule has 0 aliphatic rings. The summed E-state index contributed by atoms with van der Waals surface area (Å²) in [7, 11) is 0. The van der Waals surface area contributed by atoms with Crippen LogP contribution in [0.2, 0.25) is 0 Å². The van der Waals surface area contributed by atoms with E-state index in [0.29, 0.717) is 18.3 Å². The monoisotopic (exact) mass is 301 g/mol. The first-order valence-electron chi connectivity index (χ1n) is 7.11. The highest BCUT2D eigenvalue weighted by molar-refractivity contribution is 7.15. The van der Waals surface area contributed by atoms with Crippen molar-refractivity contribution in [3.05, 3.63) is 47.1 Å². The van der Waals surface area contributed by atoms with Gasteiger partial charge in [0.2, 0.25) is 5.88 Å². The molecule has 0 amide bonds. The molecule has 5 heteroatoms. The molecule has 0 spiro atoms. The first-order valence-corrected chi connectivity index (χ1v) is 7.99. The molecule has 2 N–H and O–H groups in total. The van der Waals surface area contributed by atoms with Crippen molar-refractivity contribution in [2.24, 2.45) is 5.73 Å². The Morgan fingerprint density at radius 2 is 2.24 bits per heavy atom. The number of nitrogens with zero attached hydrogens (tertiary/aromatic N) is 2. The quantitative estimate of drug-likeness (QED) is 0.779. The van der Waals surface area contributed by atoms with Crippen LogP contribution in [0.15, 0.2) is 35.8 Å².